The zero-order chi connectivity index (χ0) is 10.3. The second-order valence-corrected chi connectivity index (χ2v) is 4.61. The van der Waals surface area contributed by atoms with E-state index in [2.05, 4.69) is 14.9 Å². The first kappa shape index (κ1) is 9.09. The maximum atomic E-state index is 9.01. The van der Waals surface area contributed by atoms with Crippen molar-refractivity contribution < 1.29 is 5.11 Å². The highest BCUT2D eigenvalue weighted by Gasteiger charge is 2.37. The summed E-state index contributed by atoms with van der Waals surface area (Å²) in [5.74, 6) is 2.49. The highest BCUT2D eigenvalue weighted by Crippen LogP contribution is 2.40. The Balaban J connectivity index is 1.80. The van der Waals surface area contributed by atoms with Crippen LogP contribution in [-0.4, -0.2) is 28.2 Å². The molecule has 2 aliphatic heterocycles. The van der Waals surface area contributed by atoms with Gasteiger partial charge in [0.1, 0.15) is 0 Å². The molecule has 0 radical (unpaired) electrons. The number of fused-ring (bicyclic) bond motifs is 2. The van der Waals surface area contributed by atoms with E-state index in [1.54, 1.807) is 12.3 Å². The second-order valence-electron chi connectivity index (χ2n) is 4.61. The normalized spacial score (nSPS) is 28.7. The van der Waals surface area contributed by atoms with Crippen molar-refractivity contribution in [3.05, 3.63) is 18.0 Å². The van der Waals surface area contributed by atoms with E-state index in [-0.39, 0.29) is 6.61 Å². The minimum Gasteiger partial charge on any atom is -0.390 e. The lowest BCUT2D eigenvalue weighted by atomic mass is 9.71. The Morgan fingerprint density at radius 2 is 2.07 bits per heavy atom. The topological polar surface area (TPSA) is 49.3 Å². The zero-order valence-electron chi connectivity index (χ0n) is 8.63. The van der Waals surface area contributed by atoms with Gasteiger partial charge in [0.15, 0.2) is 0 Å². The Morgan fingerprint density at radius 1 is 1.33 bits per heavy atom. The van der Waals surface area contributed by atoms with E-state index in [9.17, 15) is 0 Å². The fourth-order valence-corrected chi connectivity index (χ4v) is 2.66. The van der Waals surface area contributed by atoms with Gasteiger partial charge in [0.05, 0.1) is 12.3 Å². The Bertz CT molecular complexity index is 353. The van der Waals surface area contributed by atoms with Crippen molar-refractivity contribution in [1.29, 1.82) is 0 Å². The number of aromatic nitrogens is 2. The lowest BCUT2D eigenvalue weighted by Gasteiger charge is -2.47. The number of nitrogens with zero attached hydrogens (tertiary/aromatic N) is 3. The zero-order valence-corrected chi connectivity index (χ0v) is 8.63. The number of anilines is 1. The first-order valence-corrected chi connectivity index (χ1v) is 5.53. The third kappa shape index (κ3) is 1.59. The molecule has 0 amide bonds. The fourth-order valence-electron chi connectivity index (χ4n) is 2.66. The Hall–Kier alpha value is -1.16. The first-order valence-electron chi connectivity index (χ1n) is 5.53. The third-order valence-corrected chi connectivity index (χ3v) is 3.44. The molecule has 4 rings (SSSR count). The summed E-state index contributed by atoms with van der Waals surface area (Å²) >= 11 is 0. The molecule has 4 nitrogen and oxygen atoms in total. The summed E-state index contributed by atoms with van der Waals surface area (Å²) in [5, 5.41) is 9.01. The lowest BCUT2D eigenvalue weighted by Crippen LogP contribution is -2.49. The lowest BCUT2D eigenvalue weighted by molar-refractivity contribution is 0.157. The summed E-state index contributed by atoms with van der Waals surface area (Å²) in [7, 11) is 0. The smallest absolute Gasteiger partial charge is 0.225 e. The third-order valence-electron chi connectivity index (χ3n) is 3.44. The molecule has 3 heterocycles. The van der Waals surface area contributed by atoms with Gasteiger partial charge in [-0.25, -0.2) is 9.97 Å². The van der Waals surface area contributed by atoms with E-state index in [1.165, 1.54) is 12.8 Å². The van der Waals surface area contributed by atoms with Crippen molar-refractivity contribution in [2.45, 2.75) is 19.4 Å². The summed E-state index contributed by atoms with van der Waals surface area (Å²) in [5.41, 5.74) is 0.708. The maximum absolute atomic E-state index is 9.01. The molecule has 4 heteroatoms. The van der Waals surface area contributed by atoms with Gasteiger partial charge in [-0.1, -0.05) is 0 Å². The van der Waals surface area contributed by atoms with Crippen molar-refractivity contribution in [3.8, 4) is 0 Å². The van der Waals surface area contributed by atoms with Crippen LogP contribution in [0.3, 0.4) is 0 Å². The highest BCUT2D eigenvalue weighted by atomic mass is 16.3. The molecule has 0 spiro atoms. The number of hydrogen-bond donors (Lipinski definition) is 1. The van der Waals surface area contributed by atoms with Crippen molar-refractivity contribution >= 4 is 5.95 Å². The van der Waals surface area contributed by atoms with Gasteiger partial charge in [-0.3, -0.25) is 0 Å². The standard InChI is InChI=1S/C11H15N3O/c15-7-10-1-2-12-11(13-10)14-5-8-3-9(4-8)6-14/h1-2,8-9,15H,3-7H2. The number of piperidine rings is 2. The van der Waals surface area contributed by atoms with E-state index in [1.807, 2.05) is 0 Å². The van der Waals surface area contributed by atoms with Gasteiger partial charge < -0.3 is 10.0 Å². The molecule has 1 aliphatic carbocycles. The van der Waals surface area contributed by atoms with Crippen molar-refractivity contribution in [3.63, 3.8) is 0 Å². The fraction of sp³-hybridized carbons (Fsp3) is 0.636. The Morgan fingerprint density at radius 3 is 2.73 bits per heavy atom. The second kappa shape index (κ2) is 3.45. The summed E-state index contributed by atoms with van der Waals surface area (Å²) in [6, 6.07) is 1.76. The number of aliphatic hydroxyl groups is 1. The van der Waals surface area contributed by atoms with Gasteiger partial charge >= 0.3 is 0 Å². The maximum Gasteiger partial charge on any atom is 0.225 e. The molecule has 0 unspecified atom stereocenters. The first-order chi connectivity index (χ1) is 7.35. The molecule has 80 valence electrons. The summed E-state index contributed by atoms with van der Waals surface area (Å²) < 4.78 is 0. The highest BCUT2D eigenvalue weighted by molar-refractivity contribution is 5.32. The average molecular weight is 205 g/mol. The van der Waals surface area contributed by atoms with Crippen molar-refractivity contribution in [1.82, 2.24) is 9.97 Å². The monoisotopic (exact) mass is 205 g/mol. The van der Waals surface area contributed by atoms with E-state index < -0.39 is 0 Å². The predicted molar refractivity (Wildman–Crippen MR) is 56.4 cm³/mol. The van der Waals surface area contributed by atoms with Gasteiger partial charge in [-0.2, -0.15) is 0 Å². The van der Waals surface area contributed by atoms with Crippen LogP contribution in [0.25, 0.3) is 0 Å². The quantitative estimate of drug-likeness (QED) is 0.776. The van der Waals surface area contributed by atoms with Gasteiger partial charge in [-0.15, -0.1) is 0 Å². The molecule has 3 fully saturated rings. The van der Waals surface area contributed by atoms with Crippen LogP contribution in [0, 0.1) is 11.8 Å². The van der Waals surface area contributed by atoms with E-state index in [0.717, 1.165) is 30.9 Å². The Labute approximate surface area is 89.0 Å². The molecule has 1 aromatic heterocycles. The molecular formula is C11H15N3O. The van der Waals surface area contributed by atoms with Crippen LogP contribution in [0.2, 0.25) is 0 Å². The van der Waals surface area contributed by atoms with Crippen LogP contribution in [0.15, 0.2) is 12.3 Å². The van der Waals surface area contributed by atoms with Gasteiger partial charge in [0.25, 0.3) is 0 Å². The number of hydrogen-bond acceptors (Lipinski definition) is 4. The summed E-state index contributed by atoms with van der Waals surface area (Å²) in [6.07, 6.45) is 4.50. The Kier molecular flexibility index (Phi) is 2.09. The summed E-state index contributed by atoms with van der Waals surface area (Å²) in [6.45, 7) is 2.17. The van der Waals surface area contributed by atoms with Crippen LogP contribution in [0.4, 0.5) is 5.95 Å². The van der Waals surface area contributed by atoms with Gasteiger partial charge in [0, 0.05) is 19.3 Å². The van der Waals surface area contributed by atoms with Crippen LogP contribution in [-0.2, 0) is 6.61 Å². The van der Waals surface area contributed by atoms with Gasteiger partial charge in [-0.05, 0) is 30.7 Å². The van der Waals surface area contributed by atoms with Gasteiger partial charge in [0.2, 0.25) is 5.95 Å². The van der Waals surface area contributed by atoms with Crippen molar-refractivity contribution in [2.24, 2.45) is 11.8 Å². The molecule has 1 N–H and O–H groups in total. The minimum absolute atomic E-state index is 0.00375. The molecule has 2 saturated heterocycles. The van der Waals surface area contributed by atoms with Crippen molar-refractivity contribution in [2.75, 3.05) is 18.0 Å². The molecule has 0 aromatic carbocycles. The summed E-state index contributed by atoms with van der Waals surface area (Å²) in [4.78, 5) is 10.9. The molecule has 1 aromatic rings. The number of rotatable bonds is 2. The molecular weight excluding hydrogens is 190 g/mol. The molecule has 0 atom stereocenters. The van der Waals surface area contributed by atoms with Crippen LogP contribution in [0.1, 0.15) is 18.5 Å². The SMILES string of the molecule is OCc1ccnc(N2CC3CC(C3)C2)n1. The average Bonchev–Trinajstić information content (AvgIpc) is 2.28. The largest absolute Gasteiger partial charge is 0.390 e. The minimum atomic E-state index is -0.00375. The number of aliphatic hydroxyl groups excluding tert-OH is 1. The van der Waals surface area contributed by atoms with E-state index in [0.29, 0.717) is 5.69 Å². The molecule has 15 heavy (non-hydrogen) atoms. The molecule has 2 bridgehead atoms. The molecule has 3 aliphatic rings. The van der Waals surface area contributed by atoms with Crippen LogP contribution >= 0.6 is 0 Å². The molecule has 1 saturated carbocycles. The predicted octanol–water partition coefficient (Wildman–Crippen LogP) is 0.815. The van der Waals surface area contributed by atoms with E-state index in [4.69, 9.17) is 5.11 Å². The van der Waals surface area contributed by atoms with E-state index >= 15 is 0 Å². The van der Waals surface area contributed by atoms with Crippen LogP contribution < -0.4 is 4.90 Å². The van der Waals surface area contributed by atoms with Crippen LogP contribution in [0.5, 0.6) is 0 Å².